The van der Waals surface area contributed by atoms with Crippen LogP contribution in [0.5, 0.6) is 5.75 Å². The van der Waals surface area contributed by atoms with Gasteiger partial charge in [0.05, 0.1) is 11.1 Å². The second-order valence-electron chi connectivity index (χ2n) is 4.91. The Morgan fingerprint density at radius 2 is 1.76 bits per heavy atom. The van der Waals surface area contributed by atoms with Gasteiger partial charge in [-0.05, 0) is 30.7 Å². The number of hydrogen-bond acceptors (Lipinski definition) is 3. The molecule has 0 saturated heterocycles. The van der Waals surface area contributed by atoms with Crippen molar-refractivity contribution in [1.29, 1.82) is 0 Å². The zero-order valence-corrected chi connectivity index (χ0v) is 13.1. The lowest BCUT2D eigenvalue weighted by Crippen LogP contribution is -2.31. The summed E-state index contributed by atoms with van der Waals surface area (Å²) in [7, 11) is 0. The van der Waals surface area contributed by atoms with Crippen molar-refractivity contribution in [3.05, 3.63) is 63.6 Å². The number of aliphatic hydroxyl groups excluding tert-OH is 1. The van der Waals surface area contributed by atoms with E-state index >= 15 is 0 Å². The number of hydrogen-bond donors (Lipinski definition) is 3. The number of rotatable bonds is 5. The molecule has 0 radical (unpaired) electrons. The minimum atomic E-state index is -0.663. The quantitative estimate of drug-likeness (QED) is 0.781. The Morgan fingerprint density at radius 3 is 2.43 bits per heavy atom. The van der Waals surface area contributed by atoms with E-state index < -0.39 is 6.10 Å². The average Bonchev–Trinajstić information content (AvgIpc) is 2.48. The van der Waals surface area contributed by atoms with Crippen LogP contribution in [-0.4, -0.2) is 16.3 Å². The summed E-state index contributed by atoms with van der Waals surface area (Å²) < 4.78 is 0. The molecule has 0 aromatic heterocycles. The van der Waals surface area contributed by atoms with Crippen molar-refractivity contribution in [3.63, 3.8) is 0 Å². The molecule has 2 aromatic carbocycles. The molecule has 2 unspecified atom stereocenters. The van der Waals surface area contributed by atoms with E-state index in [-0.39, 0.29) is 11.8 Å². The highest BCUT2D eigenvalue weighted by atomic mass is 35.5. The first-order valence-electron chi connectivity index (χ1n) is 6.62. The molecule has 5 heteroatoms. The standard InChI is InChI=1S/C16H17Cl2NO2/c1-10(15(20)11-5-7-13(17)8-6-11)19-9-12-3-2-4-14(18)16(12)21/h2-8,10,15,19-21H,9H2,1H3. The largest absolute Gasteiger partial charge is 0.506 e. The molecule has 0 aliphatic heterocycles. The molecule has 0 heterocycles. The molecular weight excluding hydrogens is 309 g/mol. The number of halogens is 2. The highest BCUT2D eigenvalue weighted by Gasteiger charge is 2.16. The maximum absolute atomic E-state index is 10.3. The maximum atomic E-state index is 10.3. The van der Waals surface area contributed by atoms with Crippen LogP contribution in [0.15, 0.2) is 42.5 Å². The summed E-state index contributed by atoms with van der Waals surface area (Å²) >= 11 is 11.7. The molecule has 3 nitrogen and oxygen atoms in total. The smallest absolute Gasteiger partial charge is 0.138 e. The van der Waals surface area contributed by atoms with Crippen LogP contribution in [0.4, 0.5) is 0 Å². The van der Waals surface area contributed by atoms with Crippen LogP contribution in [0.3, 0.4) is 0 Å². The van der Waals surface area contributed by atoms with Gasteiger partial charge in [-0.2, -0.15) is 0 Å². The van der Waals surface area contributed by atoms with Gasteiger partial charge in [-0.15, -0.1) is 0 Å². The Labute approximate surface area is 134 Å². The molecule has 21 heavy (non-hydrogen) atoms. The van der Waals surface area contributed by atoms with Crippen LogP contribution in [0, 0.1) is 0 Å². The molecule has 0 saturated carbocycles. The zero-order chi connectivity index (χ0) is 15.4. The molecule has 0 fully saturated rings. The second-order valence-corrected chi connectivity index (χ2v) is 5.76. The maximum Gasteiger partial charge on any atom is 0.138 e. The predicted molar refractivity (Wildman–Crippen MR) is 85.8 cm³/mol. The van der Waals surface area contributed by atoms with E-state index in [0.717, 1.165) is 5.56 Å². The van der Waals surface area contributed by atoms with Gasteiger partial charge in [0.2, 0.25) is 0 Å². The number of para-hydroxylation sites is 1. The first kappa shape index (κ1) is 16.1. The van der Waals surface area contributed by atoms with Crippen molar-refractivity contribution in [2.45, 2.75) is 25.6 Å². The zero-order valence-electron chi connectivity index (χ0n) is 11.6. The van der Waals surface area contributed by atoms with Gasteiger partial charge in [0.15, 0.2) is 0 Å². The van der Waals surface area contributed by atoms with Crippen LogP contribution in [0.1, 0.15) is 24.2 Å². The Balaban J connectivity index is 1.99. The number of aliphatic hydroxyl groups is 1. The Morgan fingerprint density at radius 1 is 1.10 bits per heavy atom. The van der Waals surface area contributed by atoms with E-state index in [0.29, 0.717) is 22.2 Å². The molecule has 2 aromatic rings. The van der Waals surface area contributed by atoms with Crippen LogP contribution < -0.4 is 5.32 Å². The fourth-order valence-corrected chi connectivity index (χ4v) is 2.35. The van der Waals surface area contributed by atoms with Crippen molar-refractivity contribution in [3.8, 4) is 5.75 Å². The second kappa shape index (κ2) is 7.14. The lowest BCUT2D eigenvalue weighted by Gasteiger charge is -2.21. The Bertz CT molecular complexity index is 602. The van der Waals surface area contributed by atoms with E-state index in [2.05, 4.69) is 5.32 Å². The van der Waals surface area contributed by atoms with Gasteiger partial charge in [-0.3, -0.25) is 0 Å². The summed E-state index contributed by atoms with van der Waals surface area (Å²) in [6.07, 6.45) is -0.663. The number of nitrogens with one attached hydrogen (secondary N) is 1. The van der Waals surface area contributed by atoms with Gasteiger partial charge in [-0.25, -0.2) is 0 Å². The topological polar surface area (TPSA) is 52.5 Å². The number of benzene rings is 2. The monoisotopic (exact) mass is 325 g/mol. The molecule has 3 N–H and O–H groups in total. The predicted octanol–water partition coefficient (Wildman–Crippen LogP) is 3.91. The third-order valence-electron chi connectivity index (χ3n) is 3.37. The first-order valence-corrected chi connectivity index (χ1v) is 7.38. The molecule has 2 atom stereocenters. The highest BCUT2D eigenvalue weighted by molar-refractivity contribution is 6.32. The van der Waals surface area contributed by atoms with Gasteiger partial charge in [-0.1, -0.05) is 47.5 Å². The van der Waals surface area contributed by atoms with Gasteiger partial charge in [0, 0.05) is 23.2 Å². The number of phenols is 1. The summed E-state index contributed by atoms with van der Waals surface area (Å²) in [4.78, 5) is 0. The van der Waals surface area contributed by atoms with Crippen molar-refractivity contribution in [2.75, 3.05) is 0 Å². The normalized spacial score (nSPS) is 13.9. The molecule has 0 amide bonds. The molecule has 112 valence electrons. The SMILES string of the molecule is CC(NCc1cccc(Cl)c1O)C(O)c1ccc(Cl)cc1. The average molecular weight is 326 g/mol. The Kier molecular flexibility index (Phi) is 5.48. The van der Waals surface area contributed by atoms with E-state index in [4.69, 9.17) is 23.2 Å². The van der Waals surface area contributed by atoms with E-state index in [1.807, 2.05) is 6.92 Å². The molecule has 2 rings (SSSR count). The van der Waals surface area contributed by atoms with Crippen molar-refractivity contribution < 1.29 is 10.2 Å². The van der Waals surface area contributed by atoms with Gasteiger partial charge >= 0.3 is 0 Å². The van der Waals surface area contributed by atoms with Crippen LogP contribution in [-0.2, 0) is 6.54 Å². The van der Waals surface area contributed by atoms with Crippen molar-refractivity contribution >= 4 is 23.2 Å². The molecular formula is C16H17Cl2NO2. The minimum absolute atomic E-state index is 0.0693. The summed E-state index contributed by atoms with van der Waals surface area (Å²) in [5, 5.41) is 24.3. The van der Waals surface area contributed by atoms with E-state index in [1.54, 1.807) is 42.5 Å². The van der Waals surface area contributed by atoms with Crippen LogP contribution >= 0.6 is 23.2 Å². The third-order valence-corrected chi connectivity index (χ3v) is 3.93. The lowest BCUT2D eigenvalue weighted by atomic mass is 10.0. The molecule has 0 spiro atoms. The molecule has 0 aliphatic rings. The van der Waals surface area contributed by atoms with Gasteiger partial charge in [0.25, 0.3) is 0 Å². The fraction of sp³-hybridized carbons (Fsp3) is 0.250. The first-order chi connectivity index (χ1) is 9.99. The summed E-state index contributed by atoms with van der Waals surface area (Å²) in [5.74, 6) is 0.0693. The number of aromatic hydroxyl groups is 1. The van der Waals surface area contributed by atoms with Crippen molar-refractivity contribution in [1.82, 2.24) is 5.32 Å². The molecule has 0 bridgehead atoms. The Hall–Kier alpha value is -1.26. The van der Waals surface area contributed by atoms with E-state index in [9.17, 15) is 10.2 Å². The van der Waals surface area contributed by atoms with Crippen molar-refractivity contribution in [2.24, 2.45) is 0 Å². The molecule has 0 aliphatic carbocycles. The summed E-state index contributed by atoms with van der Waals surface area (Å²) in [6, 6.07) is 12.1. The summed E-state index contributed by atoms with van der Waals surface area (Å²) in [6.45, 7) is 2.29. The van der Waals surface area contributed by atoms with Gasteiger partial charge in [0.1, 0.15) is 5.75 Å². The third kappa shape index (κ3) is 4.11. The fourth-order valence-electron chi connectivity index (χ4n) is 2.03. The van der Waals surface area contributed by atoms with E-state index in [1.165, 1.54) is 0 Å². The van der Waals surface area contributed by atoms with Gasteiger partial charge < -0.3 is 15.5 Å². The number of phenolic OH excluding ortho intramolecular Hbond substituents is 1. The lowest BCUT2D eigenvalue weighted by molar-refractivity contribution is 0.135. The summed E-state index contributed by atoms with van der Waals surface area (Å²) in [5.41, 5.74) is 1.48. The highest BCUT2D eigenvalue weighted by Crippen LogP contribution is 2.27. The van der Waals surface area contributed by atoms with Crippen LogP contribution in [0.2, 0.25) is 10.0 Å². The van der Waals surface area contributed by atoms with Crippen LogP contribution in [0.25, 0.3) is 0 Å². The minimum Gasteiger partial charge on any atom is -0.506 e.